The Labute approximate surface area is 119 Å². The molecule has 7 nitrogen and oxygen atoms in total. The van der Waals surface area contributed by atoms with E-state index < -0.39 is 4.92 Å². The summed E-state index contributed by atoms with van der Waals surface area (Å²) in [5.74, 6) is 0.414. The first-order chi connectivity index (χ1) is 9.11. The average molecular weight is 331 g/mol. The second-order valence-corrected chi connectivity index (χ2v) is 5.22. The van der Waals surface area contributed by atoms with E-state index in [1.54, 1.807) is 6.20 Å². The van der Waals surface area contributed by atoms with E-state index in [9.17, 15) is 10.1 Å². The van der Waals surface area contributed by atoms with Gasteiger partial charge in [0.25, 0.3) is 0 Å². The maximum Gasteiger partial charge on any atom is 0.312 e. The highest BCUT2D eigenvalue weighted by Crippen LogP contribution is 2.29. The van der Waals surface area contributed by atoms with Crippen molar-refractivity contribution in [2.75, 3.05) is 44.2 Å². The zero-order valence-electron chi connectivity index (χ0n) is 10.3. The summed E-state index contributed by atoms with van der Waals surface area (Å²) in [5, 5.41) is 19.9. The van der Waals surface area contributed by atoms with Gasteiger partial charge in [-0.3, -0.25) is 15.0 Å². The van der Waals surface area contributed by atoms with Crippen LogP contribution in [0.1, 0.15) is 0 Å². The molecule has 1 aromatic heterocycles. The van der Waals surface area contributed by atoms with E-state index in [1.165, 1.54) is 6.07 Å². The Bertz CT molecular complexity index is 463. The SMILES string of the molecule is O=[N+]([O-])c1cc(Br)cnc1N1CCN(CCO)CC1. The molecule has 0 amide bonds. The minimum absolute atomic E-state index is 0.0185. The summed E-state index contributed by atoms with van der Waals surface area (Å²) in [5.41, 5.74) is 0.0185. The lowest BCUT2D eigenvalue weighted by Crippen LogP contribution is -2.47. The molecule has 0 spiro atoms. The molecule has 19 heavy (non-hydrogen) atoms. The fourth-order valence-corrected chi connectivity index (χ4v) is 2.44. The van der Waals surface area contributed by atoms with Gasteiger partial charge >= 0.3 is 5.69 Å². The summed E-state index contributed by atoms with van der Waals surface area (Å²) < 4.78 is 0.599. The molecule has 0 aromatic carbocycles. The van der Waals surface area contributed by atoms with Gasteiger partial charge in [0.05, 0.1) is 11.5 Å². The highest BCUT2D eigenvalue weighted by atomic mass is 79.9. The summed E-state index contributed by atoms with van der Waals surface area (Å²) >= 11 is 3.20. The van der Waals surface area contributed by atoms with Gasteiger partial charge in [-0.05, 0) is 15.9 Å². The van der Waals surface area contributed by atoms with E-state index in [0.29, 0.717) is 29.9 Å². The number of β-amino-alcohol motifs (C(OH)–C–C–N with tert-alkyl or cyclic N) is 1. The molecular formula is C11H15BrN4O3. The molecule has 2 heterocycles. The first-order valence-electron chi connectivity index (χ1n) is 6.00. The maximum atomic E-state index is 11.1. The number of halogens is 1. The van der Waals surface area contributed by atoms with Crippen molar-refractivity contribution in [2.45, 2.75) is 0 Å². The van der Waals surface area contributed by atoms with Crippen LogP contribution in [-0.4, -0.2) is 59.2 Å². The van der Waals surface area contributed by atoms with Gasteiger partial charge in [0.1, 0.15) is 0 Å². The van der Waals surface area contributed by atoms with Crippen LogP contribution in [0.25, 0.3) is 0 Å². The van der Waals surface area contributed by atoms with Crippen LogP contribution in [0.15, 0.2) is 16.7 Å². The summed E-state index contributed by atoms with van der Waals surface area (Å²) in [7, 11) is 0. The van der Waals surface area contributed by atoms with Gasteiger partial charge < -0.3 is 10.0 Å². The predicted molar refractivity (Wildman–Crippen MR) is 74.3 cm³/mol. The molecule has 1 saturated heterocycles. The summed E-state index contributed by atoms with van der Waals surface area (Å²) in [6.45, 7) is 3.68. The molecule has 8 heteroatoms. The average Bonchev–Trinajstić information content (AvgIpc) is 2.40. The van der Waals surface area contributed by atoms with Gasteiger partial charge in [0, 0.05) is 49.5 Å². The van der Waals surface area contributed by atoms with E-state index in [0.717, 1.165) is 13.1 Å². The van der Waals surface area contributed by atoms with Crippen molar-refractivity contribution < 1.29 is 10.0 Å². The van der Waals surface area contributed by atoms with Gasteiger partial charge in [0.2, 0.25) is 5.82 Å². The van der Waals surface area contributed by atoms with E-state index in [4.69, 9.17) is 5.11 Å². The first-order valence-corrected chi connectivity index (χ1v) is 6.79. The van der Waals surface area contributed by atoms with Gasteiger partial charge in [-0.15, -0.1) is 0 Å². The Balaban J connectivity index is 2.13. The maximum absolute atomic E-state index is 11.1. The van der Waals surface area contributed by atoms with Crippen molar-refractivity contribution in [3.63, 3.8) is 0 Å². The fraction of sp³-hybridized carbons (Fsp3) is 0.545. The number of rotatable bonds is 4. The zero-order valence-corrected chi connectivity index (χ0v) is 11.9. The van der Waals surface area contributed by atoms with Crippen LogP contribution in [0.4, 0.5) is 11.5 Å². The standard InChI is InChI=1S/C11H15BrN4O3/c12-9-7-10(16(18)19)11(13-8-9)15-3-1-14(2-4-15)5-6-17/h7-8,17H,1-6H2. The molecule has 1 fully saturated rings. The lowest BCUT2D eigenvalue weighted by Gasteiger charge is -2.34. The largest absolute Gasteiger partial charge is 0.395 e. The van der Waals surface area contributed by atoms with Gasteiger partial charge in [-0.25, -0.2) is 4.98 Å². The van der Waals surface area contributed by atoms with Crippen LogP contribution in [0.2, 0.25) is 0 Å². The number of hydrogen-bond acceptors (Lipinski definition) is 6. The minimum atomic E-state index is -0.410. The van der Waals surface area contributed by atoms with Crippen LogP contribution in [0.5, 0.6) is 0 Å². The van der Waals surface area contributed by atoms with E-state index in [-0.39, 0.29) is 12.3 Å². The molecule has 1 aliphatic heterocycles. The predicted octanol–water partition coefficient (Wildman–Crippen LogP) is 0.867. The highest BCUT2D eigenvalue weighted by molar-refractivity contribution is 9.10. The van der Waals surface area contributed by atoms with E-state index in [1.807, 2.05) is 4.90 Å². The topological polar surface area (TPSA) is 82.7 Å². The number of pyridine rings is 1. The van der Waals surface area contributed by atoms with Crippen molar-refractivity contribution in [3.05, 3.63) is 26.9 Å². The molecule has 0 radical (unpaired) electrons. The summed E-state index contributed by atoms with van der Waals surface area (Å²) in [6, 6.07) is 1.47. The van der Waals surface area contributed by atoms with Crippen molar-refractivity contribution >= 4 is 27.4 Å². The normalized spacial score (nSPS) is 16.6. The third-order valence-corrected chi connectivity index (χ3v) is 3.53. The first kappa shape index (κ1) is 14.2. The summed E-state index contributed by atoms with van der Waals surface area (Å²) in [4.78, 5) is 18.9. The van der Waals surface area contributed by atoms with Crippen LogP contribution in [0.3, 0.4) is 0 Å². The number of aliphatic hydroxyl groups is 1. The molecule has 2 rings (SSSR count). The molecule has 1 N–H and O–H groups in total. The number of nitrogens with zero attached hydrogens (tertiary/aromatic N) is 4. The van der Waals surface area contributed by atoms with Gasteiger partial charge in [-0.2, -0.15) is 0 Å². The Hall–Kier alpha value is -1.25. The Morgan fingerprint density at radius 3 is 2.68 bits per heavy atom. The third-order valence-electron chi connectivity index (χ3n) is 3.10. The van der Waals surface area contributed by atoms with Crippen LogP contribution >= 0.6 is 15.9 Å². The van der Waals surface area contributed by atoms with Crippen molar-refractivity contribution in [2.24, 2.45) is 0 Å². The summed E-state index contributed by atoms with van der Waals surface area (Å²) in [6.07, 6.45) is 1.57. The Morgan fingerprint density at radius 2 is 2.11 bits per heavy atom. The molecular weight excluding hydrogens is 316 g/mol. The zero-order chi connectivity index (χ0) is 13.8. The van der Waals surface area contributed by atoms with E-state index >= 15 is 0 Å². The van der Waals surface area contributed by atoms with E-state index in [2.05, 4.69) is 25.8 Å². The number of aliphatic hydroxyl groups excluding tert-OH is 1. The lowest BCUT2D eigenvalue weighted by atomic mass is 10.3. The molecule has 0 unspecified atom stereocenters. The molecule has 1 aromatic rings. The third kappa shape index (κ3) is 3.40. The van der Waals surface area contributed by atoms with Crippen LogP contribution in [-0.2, 0) is 0 Å². The number of nitro groups is 1. The minimum Gasteiger partial charge on any atom is -0.395 e. The van der Waals surface area contributed by atoms with Crippen molar-refractivity contribution in [3.8, 4) is 0 Å². The Morgan fingerprint density at radius 1 is 1.42 bits per heavy atom. The second kappa shape index (κ2) is 6.27. The number of piperazine rings is 1. The van der Waals surface area contributed by atoms with Crippen molar-refractivity contribution in [1.82, 2.24) is 9.88 Å². The molecule has 0 aliphatic carbocycles. The van der Waals surface area contributed by atoms with Crippen molar-refractivity contribution in [1.29, 1.82) is 0 Å². The van der Waals surface area contributed by atoms with Crippen LogP contribution < -0.4 is 4.90 Å². The fourth-order valence-electron chi connectivity index (χ4n) is 2.12. The lowest BCUT2D eigenvalue weighted by molar-refractivity contribution is -0.384. The quantitative estimate of drug-likeness (QED) is 0.651. The number of aromatic nitrogens is 1. The molecule has 104 valence electrons. The highest BCUT2D eigenvalue weighted by Gasteiger charge is 2.25. The molecule has 0 bridgehead atoms. The number of hydrogen-bond donors (Lipinski definition) is 1. The smallest absolute Gasteiger partial charge is 0.312 e. The molecule has 0 atom stereocenters. The monoisotopic (exact) mass is 330 g/mol. The van der Waals surface area contributed by atoms with Gasteiger partial charge in [0.15, 0.2) is 0 Å². The second-order valence-electron chi connectivity index (χ2n) is 4.31. The van der Waals surface area contributed by atoms with Crippen LogP contribution in [0, 0.1) is 10.1 Å². The number of anilines is 1. The van der Waals surface area contributed by atoms with Gasteiger partial charge in [-0.1, -0.05) is 0 Å². The Kier molecular flexibility index (Phi) is 4.67. The molecule has 0 saturated carbocycles. The molecule has 1 aliphatic rings.